The molecule has 192 valence electrons. The molecule has 2 N–H and O–H groups in total. The molecule has 2 aromatic heterocycles. The van der Waals surface area contributed by atoms with E-state index in [-0.39, 0.29) is 29.5 Å². The van der Waals surface area contributed by atoms with E-state index in [9.17, 15) is 18.8 Å². The highest BCUT2D eigenvalue weighted by Crippen LogP contribution is 2.39. The van der Waals surface area contributed by atoms with Crippen LogP contribution in [0, 0.1) is 23.0 Å². The van der Waals surface area contributed by atoms with E-state index in [1.165, 1.54) is 16.7 Å². The zero-order chi connectivity index (χ0) is 26.9. The second kappa shape index (κ2) is 10.2. The Morgan fingerprint density at radius 2 is 1.78 bits per heavy atom. The number of aryl methyl sites for hydroxylation is 1. The number of hydrogen-bond acceptors (Lipinski definition) is 5. The molecule has 0 unspecified atom stereocenters. The normalized spacial score (nSPS) is 11.6. The third kappa shape index (κ3) is 5.58. The van der Waals surface area contributed by atoms with Crippen molar-refractivity contribution >= 4 is 24.7 Å². The van der Waals surface area contributed by atoms with Crippen LogP contribution in [0.4, 0.5) is 14.5 Å². The Labute approximate surface area is 214 Å². The lowest BCUT2D eigenvalue weighted by Crippen LogP contribution is -2.22. The molecule has 0 atom stereocenters. The van der Waals surface area contributed by atoms with E-state index in [4.69, 9.17) is 15.2 Å². The third-order valence-corrected chi connectivity index (χ3v) is 7.67. The second-order valence-corrected chi connectivity index (χ2v) is 15.7. The molecule has 2 aromatic carbocycles. The summed E-state index contributed by atoms with van der Waals surface area (Å²) in [5.74, 6) is -1.51. The Balaban J connectivity index is 1.88. The van der Waals surface area contributed by atoms with Gasteiger partial charge in [-0.05, 0) is 42.4 Å². The fourth-order valence-electron chi connectivity index (χ4n) is 3.99. The Kier molecular flexibility index (Phi) is 7.20. The molecule has 0 radical (unpaired) electrons. The van der Waals surface area contributed by atoms with Crippen LogP contribution in [0.2, 0.25) is 25.7 Å². The maximum Gasteiger partial charge on any atom is 0.259 e. The van der Waals surface area contributed by atoms with Crippen LogP contribution in [0.15, 0.2) is 53.5 Å². The first-order valence-electron chi connectivity index (χ1n) is 11.7. The lowest BCUT2D eigenvalue weighted by atomic mass is 10.0. The van der Waals surface area contributed by atoms with Crippen molar-refractivity contribution in [3.63, 3.8) is 0 Å². The maximum absolute atomic E-state index is 14.4. The van der Waals surface area contributed by atoms with Gasteiger partial charge in [0.1, 0.15) is 30.1 Å². The van der Waals surface area contributed by atoms with Crippen molar-refractivity contribution in [2.75, 3.05) is 12.3 Å². The summed E-state index contributed by atoms with van der Waals surface area (Å²) < 4.78 is 42.7. The monoisotopic (exact) mass is 522 g/mol. The van der Waals surface area contributed by atoms with Gasteiger partial charge in [-0.25, -0.2) is 8.78 Å². The van der Waals surface area contributed by atoms with Crippen molar-refractivity contribution in [2.45, 2.75) is 32.4 Å². The predicted molar refractivity (Wildman–Crippen MR) is 142 cm³/mol. The molecule has 7 nitrogen and oxygen atoms in total. The summed E-state index contributed by atoms with van der Waals surface area (Å²) in [6.07, 6.45) is 1.62. The summed E-state index contributed by atoms with van der Waals surface area (Å²) in [5.41, 5.74) is 7.98. The molecule has 10 heteroatoms. The van der Waals surface area contributed by atoms with Crippen LogP contribution in [0.25, 0.3) is 22.0 Å². The number of rotatable bonds is 8. The summed E-state index contributed by atoms with van der Waals surface area (Å²) in [6, 6.07) is 12.5. The molecule has 4 aromatic rings. The zero-order valence-corrected chi connectivity index (χ0v) is 22.1. The summed E-state index contributed by atoms with van der Waals surface area (Å²) >= 11 is 0. The van der Waals surface area contributed by atoms with Gasteiger partial charge in [-0.2, -0.15) is 5.26 Å². The van der Waals surface area contributed by atoms with Crippen molar-refractivity contribution in [3.05, 3.63) is 76.3 Å². The largest absolute Gasteiger partial charge is 0.454 e. The highest BCUT2D eigenvalue weighted by atomic mass is 28.3. The number of halogens is 2. The van der Waals surface area contributed by atoms with Gasteiger partial charge in [-0.15, -0.1) is 0 Å². The van der Waals surface area contributed by atoms with Crippen LogP contribution in [-0.4, -0.2) is 23.8 Å². The van der Waals surface area contributed by atoms with Crippen molar-refractivity contribution in [3.8, 4) is 28.7 Å². The number of pyridine rings is 1. The average Bonchev–Trinajstić information content (AvgIpc) is 3.20. The van der Waals surface area contributed by atoms with Crippen LogP contribution in [-0.2, 0) is 18.5 Å². The summed E-state index contributed by atoms with van der Waals surface area (Å²) in [7, 11) is 0.272. The van der Waals surface area contributed by atoms with E-state index in [0.717, 1.165) is 18.2 Å². The molecule has 0 spiro atoms. The summed E-state index contributed by atoms with van der Waals surface area (Å²) in [4.78, 5) is 13.0. The van der Waals surface area contributed by atoms with E-state index >= 15 is 0 Å². The van der Waals surface area contributed by atoms with Crippen molar-refractivity contribution in [1.82, 2.24) is 9.13 Å². The number of fused-ring (bicyclic) bond motifs is 1. The number of ether oxygens (including phenoxy) is 2. The van der Waals surface area contributed by atoms with Crippen LogP contribution in [0.1, 0.15) is 5.69 Å². The molecule has 0 aliphatic carbocycles. The molecular formula is C27H28F2N4O3Si. The van der Waals surface area contributed by atoms with E-state index in [1.807, 2.05) is 0 Å². The number of nitrogens with two attached hydrogens (primary N) is 1. The summed E-state index contributed by atoms with van der Waals surface area (Å²) in [6.45, 7) is 7.33. The van der Waals surface area contributed by atoms with Gasteiger partial charge in [-0.3, -0.25) is 4.79 Å². The first kappa shape index (κ1) is 26.1. The van der Waals surface area contributed by atoms with E-state index < -0.39 is 19.7 Å². The predicted octanol–water partition coefficient (Wildman–Crippen LogP) is 5.84. The first-order valence-corrected chi connectivity index (χ1v) is 15.4. The average molecular weight is 523 g/mol. The van der Waals surface area contributed by atoms with Gasteiger partial charge >= 0.3 is 0 Å². The van der Waals surface area contributed by atoms with Crippen molar-refractivity contribution in [2.24, 2.45) is 7.05 Å². The number of nitrogen functional groups attached to an aromatic ring is 1. The Bertz CT molecular complexity index is 1580. The Morgan fingerprint density at radius 1 is 1.05 bits per heavy atom. The van der Waals surface area contributed by atoms with Crippen molar-refractivity contribution < 1.29 is 18.3 Å². The molecule has 0 aliphatic heterocycles. The smallest absolute Gasteiger partial charge is 0.259 e. The van der Waals surface area contributed by atoms with Gasteiger partial charge in [0, 0.05) is 50.8 Å². The Morgan fingerprint density at radius 3 is 2.46 bits per heavy atom. The van der Waals surface area contributed by atoms with Crippen LogP contribution < -0.4 is 16.0 Å². The molecule has 0 aliphatic rings. The van der Waals surface area contributed by atoms with Gasteiger partial charge in [-0.1, -0.05) is 19.6 Å². The van der Waals surface area contributed by atoms with E-state index in [0.29, 0.717) is 34.3 Å². The zero-order valence-electron chi connectivity index (χ0n) is 21.1. The van der Waals surface area contributed by atoms with Gasteiger partial charge in [0.15, 0.2) is 11.6 Å². The number of benzene rings is 2. The minimum atomic E-state index is -1.33. The number of nitriles is 1. The molecule has 37 heavy (non-hydrogen) atoms. The molecule has 4 rings (SSSR count). The number of aromatic nitrogens is 2. The van der Waals surface area contributed by atoms with Gasteiger partial charge in [0.25, 0.3) is 5.56 Å². The number of anilines is 1. The molecule has 0 saturated carbocycles. The molecule has 2 heterocycles. The quantitative estimate of drug-likeness (QED) is 0.178. The minimum absolute atomic E-state index is 0.0716. The van der Waals surface area contributed by atoms with Crippen molar-refractivity contribution in [1.29, 1.82) is 5.26 Å². The van der Waals surface area contributed by atoms with Gasteiger partial charge in [0.2, 0.25) is 0 Å². The SMILES string of the molecule is Cn1cc(-c2cc(N)ccc2Oc2ccc(F)cc2F)c2c(cc(C#N)n2COCC[Si](C)(C)C)c1=O. The first-order chi connectivity index (χ1) is 17.5. The Hall–Kier alpha value is -3.94. The lowest BCUT2D eigenvalue weighted by Gasteiger charge is -2.18. The second-order valence-electron chi connectivity index (χ2n) is 10.1. The molecular weight excluding hydrogens is 494 g/mol. The van der Waals surface area contributed by atoms with Gasteiger partial charge in [0.05, 0.1) is 10.9 Å². The van der Waals surface area contributed by atoms with Crippen LogP contribution >= 0.6 is 0 Å². The topological polar surface area (TPSA) is 95.2 Å². The fraction of sp³-hybridized carbons (Fsp3) is 0.259. The maximum atomic E-state index is 14.4. The molecule has 0 amide bonds. The highest BCUT2D eigenvalue weighted by molar-refractivity contribution is 6.76. The van der Waals surface area contributed by atoms with Crippen LogP contribution in [0.5, 0.6) is 11.5 Å². The van der Waals surface area contributed by atoms with E-state index in [1.54, 1.807) is 36.0 Å². The molecule has 0 saturated heterocycles. The third-order valence-electron chi connectivity index (χ3n) is 5.96. The summed E-state index contributed by atoms with van der Waals surface area (Å²) in [5, 5.41) is 10.2. The number of nitrogens with zero attached hydrogens (tertiary/aromatic N) is 3. The number of hydrogen-bond donors (Lipinski definition) is 1. The molecule has 0 fully saturated rings. The molecule has 0 bridgehead atoms. The highest BCUT2D eigenvalue weighted by Gasteiger charge is 2.21. The fourth-order valence-corrected chi connectivity index (χ4v) is 4.74. The minimum Gasteiger partial charge on any atom is -0.454 e. The van der Waals surface area contributed by atoms with Gasteiger partial charge < -0.3 is 24.3 Å². The standard InChI is InChI=1S/C27H28F2N4O3Si/c1-32-15-22(20-12-18(31)6-8-24(20)36-25-7-5-17(28)11-23(25)29)26-21(27(32)34)13-19(14-30)33(26)16-35-9-10-37(2,3)4/h5-8,11-13,15H,9-10,16,31H2,1-4H3. The van der Waals surface area contributed by atoms with Crippen LogP contribution in [0.3, 0.4) is 0 Å². The lowest BCUT2D eigenvalue weighted by molar-refractivity contribution is 0.0897. The van der Waals surface area contributed by atoms with E-state index in [2.05, 4.69) is 25.7 Å².